The summed E-state index contributed by atoms with van der Waals surface area (Å²) in [5.74, 6) is 0.657. The molecule has 0 unspecified atom stereocenters. The molecule has 2 amide bonds. The van der Waals surface area contributed by atoms with E-state index in [9.17, 15) is 18.4 Å². The summed E-state index contributed by atoms with van der Waals surface area (Å²) in [6.45, 7) is 1.52. The molecule has 1 saturated heterocycles. The first-order valence-corrected chi connectivity index (χ1v) is 13.3. The van der Waals surface area contributed by atoms with Crippen molar-refractivity contribution in [1.29, 1.82) is 0 Å². The minimum absolute atomic E-state index is 0.0533. The Balaban J connectivity index is 1.28. The summed E-state index contributed by atoms with van der Waals surface area (Å²) in [5, 5.41) is 3.29. The minimum atomic E-state index is -2.88. The highest BCUT2D eigenvalue weighted by molar-refractivity contribution is 5.96. The second kappa shape index (κ2) is 11.9. The summed E-state index contributed by atoms with van der Waals surface area (Å²) in [6.07, 6.45) is 5.10. The third kappa shape index (κ3) is 6.27. The highest BCUT2D eigenvalue weighted by atomic mass is 19.3. The molecule has 1 aliphatic heterocycles. The van der Waals surface area contributed by atoms with Gasteiger partial charge in [-0.2, -0.15) is 8.78 Å². The van der Waals surface area contributed by atoms with Crippen LogP contribution in [0.25, 0.3) is 16.9 Å². The van der Waals surface area contributed by atoms with Crippen LogP contribution < -0.4 is 15.0 Å². The van der Waals surface area contributed by atoms with E-state index < -0.39 is 6.61 Å². The smallest absolute Gasteiger partial charge is 0.387 e. The predicted octanol–water partition coefficient (Wildman–Crippen LogP) is 2.48. The van der Waals surface area contributed by atoms with Gasteiger partial charge < -0.3 is 24.8 Å². The fourth-order valence-electron chi connectivity index (χ4n) is 4.89. The number of aromatic nitrogens is 3. The minimum Gasteiger partial charge on any atom is -0.435 e. The van der Waals surface area contributed by atoms with E-state index in [2.05, 4.69) is 20.0 Å². The quantitative estimate of drug-likeness (QED) is 0.342. The molecule has 2 aromatic carbocycles. The molecule has 0 aliphatic carbocycles. The number of amides is 2. The van der Waals surface area contributed by atoms with Crippen LogP contribution in [0.4, 0.5) is 20.3 Å². The highest BCUT2D eigenvalue weighted by Crippen LogP contribution is 2.28. The summed E-state index contributed by atoms with van der Waals surface area (Å²) < 4.78 is 31.3. The van der Waals surface area contributed by atoms with Gasteiger partial charge in [-0.05, 0) is 55.0 Å². The molecule has 0 atom stereocenters. The van der Waals surface area contributed by atoms with Gasteiger partial charge in [0.05, 0.1) is 26.0 Å². The van der Waals surface area contributed by atoms with Crippen LogP contribution in [0.1, 0.15) is 15.9 Å². The first kappa shape index (κ1) is 28.0. The maximum absolute atomic E-state index is 13.3. The van der Waals surface area contributed by atoms with Crippen molar-refractivity contribution >= 4 is 29.0 Å². The Morgan fingerprint density at radius 1 is 1.02 bits per heavy atom. The van der Waals surface area contributed by atoms with Crippen LogP contribution in [0.3, 0.4) is 0 Å². The highest BCUT2D eigenvalue weighted by Gasteiger charge is 2.26. The lowest BCUT2D eigenvalue weighted by Crippen LogP contribution is -3.07. The number of rotatable bonds is 8. The van der Waals surface area contributed by atoms with Crippen molar-refractivity contribution < 1.29 is 28.0 Å². The Labute approximate surface area is 236 Å². The summed E-state index contributed by atoms with van der Waals surface area (Å²) in [7, 11) is 3.89. The monoisotopic (exact) mass is 564 g/mol. The molecule has 4 aromatic rings. The number of alkyl halides is 2. The standard InChI is InChI=1S/C29H31F2N7O3/c1-19-16-21(6-9-23(19)28(40)37-14-12-36(13-15-37)25(39)18-35(2)3)34-26-27-33-17-24(38(27)11-10-32-26)20-4-7-22(8-5-20)41-29(30)31/h4-11,16-17,29H,12-15,18H2,1-3H3,(H,32,34)/p+1. The summed E-state index contributed by atoms with van der Waals surface area (Å²) in [6, 6.07) is 11.9. The van der Waals surface area contributed by atoms with Crippen LogP contribution in [0.2, 0.25) is 0 Å². The zero-order valence-corrected chi connectivity index (χ0v) is 23.1. The average molecular weight is 565 g/mol. The second-order valence-electron chi connectivity index (χ2n) is 10.2. The first-order chi connectivity index (χ1) is 19.7. The molecule has 12 heteroatoms. The number of carbonyl (C=O) groups is 2. The second-order valence-corrected chi connectivity index (χ2v) is 10.2. The number of nitrogens with zero attached hydrogens (tertiary/aromatic N) is 5. The maximum atomic E-state index is 13.3. The van der Waals surface area contributed by atoms with Gasteiger partial charge in [-0.1, -0.05) is 0 Å². The van der Waals surface area contributed by atoms with Crippen molar-refractivity contribution in [3.63, 3.8) is 0 Å². The molecule has 214 valence electrons. The lowest BCUT2D eigenvalue weighted by Gasteiger charge is -2.35. The predicted molar refractivity (Wildman–Crippen MR) is 150 cm³/mol. The number of hydrogen-bond acceptors (Lipinski definition) is 6. The summed E-state index contributed by atoms with van der Waals surface area (Å²) in [4.78, 5) is 39.3. The van der Waals surface area contributed by atoms with Crippen LogP contribution in [0, 0.1) is 6.92 Å². The lowest BCUT2D eigenvalue weighted by atomic mass is 10.1. The van der Waals surface area contributed by atoms with E-state index in [-0.39, 0.29) is 17.6 Å². The van der Waals surface area contributed by atoms with Gasteiger partial charge in [0.25, 0.3) is 11.8 Å². The average Bonchev–Trinajstić information content (AvgIpc) is 3.38. The van der Waals surface area contributed by atoms with E-state index in [1.807, 2.05) is 42.5 Å². The van der Waals surface area contributed by atoms with Gasteiger partial charge in [0.1, 0.15) is 5.75 Å². The third-order valence-electron chi connectivity index (χ3n) is 6.95. The fourth-order valence-corrected chi connectivity index (χ4v) is 4.89. The molecule has 1 aliphatic rings. The Kier molecular flexibility index (Phi) is 8.11. The first-order valence-electron chi connectivity index (χ1n) is 13.3. The van der Waals surface area contributed by atoms with Crippen LogP contribution in [-0.2, 0) is 4.79 Å². The Morgan fingerprint density at radius 3 is 2.39 bits per heavy atom. The number of anilines is 2. The number of benzene rings is 2. The number of halogens is 2. The van der Waals surface area contributed by atoms with Gasteiger partial charge in [-0.3, -0.25) is 14.0 Å². The molecule has 0 saturated carbocycles. The number of ether oxygens (including phenoxy) is 1. The van der Waals surface area contributed by atoms with E-state index in [0.717, 1.165) is 27.4 Å². The van der Waals surface area contributed by atoms with Gasteiger partial charge in [-0.15, -0.1) is 0 Å². The number of fused-ring (bicyclic) bond motifs is 1. The summed E-state index contributed by atoms with van der Waals surface area (Å²) in [5.41, 5.74) is 4.30. The number of carbonyl (C=O) groups excluding carboxylic acids is 2. The van der Waals surface area contributed by atoms with Crippen LogP contribution in [-0.4, -0.2) is 89.4 Å². The Morgan fingerprint density at radius 2 is 1.73 bits per heavy atom. The van der Waals surface area contributed by atoms with Crippen molar-refractivity contribution in [2.75, 3.05) is 52.1 Å². The van der Waals surface area contributed by atoms with Crippen molar-refractivity contribution in [3.8, 4) is 17.0 Å². The number of nitrogens with one attached hydrogen (secondary N) is 2. The van der Waals surface area contributed by atoms with Gasteiger partial charge in [-0.25, -0.2) is 9.97 Å². The number of imidazole rings is 1. The number of aryl methyl sites for hydroxylation is 1. The number of piperazine rings is 1. The molecular formula is C29H32F2N7O3+. The molecule has 0 radical (unpaired) electrons. The molecule has 5 rings (SSSR count). The zero-order chi connectivity index (χ0) is 29.1. The normalized spacial score (nSPS) is 13.7. The van der Waals surface area contributed by atoms with Gasteiger partial charge >= 0.3 is 6.61 Å². The molecule has 2 aromatic heterocycles. The van der Waals surface area contributed by atoms with Gasteiger partial charge in [0.15, 0.2) is 18.0 Å². The largest absolute Gasteiger partial charge is 0.435 e. The fraction of sp³-hybridized carbons (Fsp3) is 0.310. The van der Waals surface area contributed by atoms with Crippen molar-refractivity contribution in [3.05, 3.63) is 72.2 Å². The maximum Gasteiger partial charge on any atom is 0.387 e. The third-order valence-corrected chi connectivity index (χ3v) is 6.95. The lowest BCUT2D eigenvalue weighted by molar-refractivity contribution is -0.849. The molecular weight excluding hydrogens is 532 g/mol. The Bertz CT molecular complexity index is 1550. The van der Waals surface area contributed by atoms with Crippen molar-refractivity contribution in [1.82, 2.24) is 24.2 Å². The van der Waals surface area contributed by atoms with Crippen LogP contribution in [0.5, 0.6) is 5.75 Å². The van der Waals surface area contributed by atoms with Crippen LogP contribution in [0.15, 0.2) is 61.1 Å². The molecule has 41 heavy (non-hydrogen) atoms. The van der Waals surface area contributed by atoms with Gasteiger partial charge in [0.2, 0.25) is 0 Å². The number of quaternary nitrogens is 1. The van der Waals surface area contributed by atoms with E-state index in [1.165, 1.54) is 12.1 Å². The Hall–Kier alpha value is -4.58. The van der Waals surface area contributed by atoms with Crippen molar-refractivity contribution in [2.24, 2.45) is 0 Å². The molecule has 2 N–H and O–H groups in total. The van der Waals surface area contributed by atoms with E-state index in [0.29, 0.717) is 49.8 Å². The molecule has 1 fully saturated rings. The molecule has 3 heterocycles. The molecule has 10 nitrogen and oxygen atoms in total. The van der Waals surface area contributed by atoms with Gasteiger partial charge in [0, 0.05) is 55.4 Å². The van der Waals surface area contributed by atoms with Crippen molar-refractivity contribution in [2.45, 2.75) is 13.5 Å². The van der Waals surface area contributed by atoms with E-state index in [1.54, 1.807) is 41.7 Å². The summed E-state index contributed by atoms with van der Waals surface area (Å²) >= 11 is 0. The zero-order valence-electron chi connectivity index (χ0n) is 23.1. The van der Waals surface area contributed by atoms with Crippen LogP contribution >= 0.6 is 0 Å². The van der Waals surface area contributed by atoms with E-state index >= 15 is 0 Å². The molecule has 0 spiro atoms. The number of hydrogen-bond donors (Lipinski definition) is 2. The molecule has 0 bridgehead atoms. The van der Waals surface area contributed by atoms with E-state index in [4.69, 9.17) is 0 Å². The topological polar surface area (TPSA) is 96.5 Å². The number of likely N-dealkylation sites (N-methyl/N-ethyl adjacent to an activating group) is 1. The SMILES string of the molecule is Cc1cc(Nc2nccn3c(-c4ccc(OC(F)F)cc4)cnc23)ccc1C(=O)N1CCN(C(=O)C[NH+](C)C)CC1.